The average molecular weight is 425 g/mol. The monoisotopic (exact) mass is 425 g/mol. The van der Waals surface area contributed by atoms with Crippen LogP contribution in [0.3, 0.4) is 0 Å². The lowest BCUT2D eigenvalue weighted by Crippen LogP contribution is -1.97. The van der Waals surface area contributed by atoms with Crippen LogP contribution in [0.1, 0.15) is 19.3 Å². The van der Waals surface area contributed by atoms with E-state index in [0.29, 0.717) is 26.2 Å². The molecule has 0 aromatic rings. The maximum atomic E-state index is 8.03. The zero-order valence-electron chi connectivity index (χ0n) is 17.4. The van der Waals surface area contributed by atoms with E-state index < -0.39 is 0 Å². The molecule has 10 heteroatoms. The molecule has 0 radical (unpaired) electrons. The summed E-state index contributed by atoms with van der Waals surface area (Å²) in [6, 6.07) is 10.6. The number of hydrogen-bond acceptors (Lipinski definition) is 9. The Morgan fingerprint density at radius 1 is 0.710 bits per heavy atom. The van der Waals surface area contributed by atoms with E-state index in [-0.39, 0.29) is 26.1 Å². The molecule has 31 heavy (non-hydrogen) atoms. The number of nitrogens with zero attached hydrogens (tertiary/aromatic N) is 7. The van der Waals surface area contributed by atoms with E-state index >= 15 is 0 Å². The van der Waals surface area contributed by atoms with Gasteiger partial charge in [-0.2, -0.15) is 31.6 Å². The van der Waals surface area contributed by atoms with Crippen molar-refractivity contribution in [2.24, 2.45) is 0 Å². The van der Waals surface area contributed by atoms with Gasteiger partial charge < -0.3 is 19.8 Å². The molecule has 0 fully saturated rings. The first-order valence-corrected chi connectivity index (χ1v) is 8.24. The molecule has 0 rings (SSSR count). The van der Waals surface area contributed by atoms with Gasteiger partial charge in [-0.05, 0) is 0 Å². The van der Waals surface area contributed by atoms with Crippen molar-refractivity contribution in [1.82, 2.24) is 0 Å². The maximum Gasteiger partial charge on any atom is 0.237 e. The van der Waals surface area contributed by atoms with E-state index in [2.05, 4.69) is 24.6 Å². The number of rotatable bonds is 6. The molecular weight excluding hydrogens is 398 g/mol. The van der Waals surface area contributed by atoms with Crippen LogP contribution in [0.15, 0.2) is 38.0 Å². The highest BCUT2D eigenvalue weighted by Crippen LogP contribution is 1.79. The zero-order chi connectivity index (χ0) is 25.4. The first-order chi connectivity index (χ1) is 15.0. The van der Waals surface area contributed by atoms with Gasteiger partial charge in [0.1, 0.15) is 6.61 Å². The van der Waals surface area contributed by atoms with Crippen LogP contribution in [0.25, 0.3) is 4.85 Å². The van der Waals surface area contributed by atoms with Gasteiger partial charge in [-0.3, -0.25) is 0 Å². The predicted octanol–water partition coefficient (Wildman–Crippen LogP) is 2.71. The molecule has 0 bridgehead atoms. The van der Waals surface area contributed by atoms with E-state index in [1.54, 1.807) is 30.3 Å². The largest absolute Gasteiger partial charge is 0.395 e. The summed E-state index contributed by atoms with van der Waals surface area (Å²) in [7, 11) is 0. The van der Waals surface area contributed by atoms with Gasteiger partial charge in [0.25, 0.3) is 0 Å². The Morgan fingerprint density at radius 3 is 1.19 bits per heavy atom. The minimum Gasteiger partial charge on any atom is -0.395 e. The topological polar surface area (TPSA) is 197 Å². The average Bonchev–Trinajstić information content (AvgIpc) is 2.81. The molecule has 0 saturated carbocycles. The molecule has 0 aliphatic rings. The van der Waals surface area contributed by atoms with Gasteiger partial charge in [-0.1, -0.05) is 19.7 Å². The first-order valence-electron chi connectivity index (χ1n) is 8.24. The lowest BCUT2D eigenvalue weighted by atomic mass is 10.5. The van der Waals surface area contributed by atoms with Crippen LogP contribution in [0, 0.1) is 74.6 Å². The summed E-state index contributed by atoms with van der Waals surface area (Å²) < 4.78 is 4.88. The Kier molecular flexibility index (Phi) is 96.3. The highest BCUT2D eigenvalue weighted by molar-refractivity contribution is 4.94. The highest BCUT2D eigenvalue weighted by atomic mass is 16.5. The summed E-state index contributed by atoms with van der Waals surface area (Å²) in [5, 5.41) is 61.6. The molecule has 10 nitrogen and oxygen atoms in total. The van der Waals surface area contributed by atoms with Crippen molar-refractivity contribution in [2.75, 3.05) is 33.0 Å². The van der Waals surface area contributed by atoms with Crippen LogP contribution in [0.4, 0.5) is 0 Å². The second-order valence-corrected chi connectivity index (χ2v) is 3.67. The van der Waals surface area contributed by atoms with Crippen molar-refractivity contribution in [3.63, 3.8) is 0 Å². The summed E-state index contributed by atoms with van der Waals surface area (Å²) in [6.07, 6.45) is 4.46. The minimum absolute atomic E-state index is 0.0174. The molecule has 164 valence electrons. The SMILES string of the molecule is C=CC#N.C=CC#N.C=CC#N.N#CCCO.N#CCCO.[C-]#[N+]CCOCCC#N. The standard InChI is InChI=1S/C6H8N2O.2C3H5NO.3C3H3N/c1-8-4-6-9-5-2-3-7;2*4-2-1-3-5;3*1-2-3-4/h2,4-6H2;2*5H,1,3H2;3*2H,1H2. The lowest BCUT2D eigenvalue weighted by Gasteiger charge is -1.91. The second kappa shape index (κ2) is 72.8. The maximum absolute atomic E-state index is 8.03. The molecule has 0 amide bonds. The first kappa shape index (κ1) is 41.0. The summed E-state index contributed by atoms with van der Waals surface area (Å²) >= 11 is 0. The van der Waals surface area contributed by atoms with Crippen molar-refractivity contribution in [3.05, 3.63) is 49.4 Å². The van der Waals surface area contributed by atoms with Crippen molar-refractivity contribution in [3.8, 4) is 36.4 Å². The van der Waals surface area contributed by atoms with Gasteiger partial charge in [0.15, 0.2) is 0 Å². The van der Waals surface area contributed by atoms with E-state index in [4.69, 9.17) is 53.1 Å². The third kappa shape index (κ3) is 194. The van der Waals surface area contributed by atoms with Crippen molar-refractivity contribution < 1.29 is 14.9 Å². The van der Waals surface area contributed by atoms with E-state index in [1.807, 2.05) is 6.07 Å². The molecule has 0 heterocycles. The smallest absolute Gasteiger partial charge is 0.237 e. The lowest BCUT2D eigenvalue weighted by molar-refractivity contribution is 0.151. The fraction of sp³-hybridized carbons (Fsp3) is 0.381. The second-order valence-electron chi connectivity index (χ2n) is 3.67. The molecule has 0 aromatic carbocycles. The molecule has 0 atom stereocenters. The van der Waals surface area contributed by atoms with Gasteiger partial charge in [-0.25, -0.2) is 6.57 Å². The van der Waals surface area contributed by atoms with Gasteiger partial charge in [-0.15, -0.1) is 0 Å². The molecule has 0 spiro atoms. The van der Waals surface area contributed by atoms with Crippen LogP contribution in [0.5, 0.6) is 0 Å². The summed E-state index contributed by atoms with van der Waals surface area (Å²) in [4.78, 5) is 3.08. The highest BCUT2D eigenvalue weighted by Gasteiger charge is 1.86. The van der Waals surface area contributed by atoms with Gasteiger partial charge >= 0.3 is 0 Å². The molecule has 2 N–H and O–H groups in total. The zero-order valence-corrected chi connectivity index (χ0v) is 17.4. The summed E-state index contributed by atoms with van der Waals surface area (Å²) in [5.41, 5.74) is 0. The number of nitriles is 6. The van der Waals surface area contributed by atoms with E-state index in [1.165, 1.54) is 18.2 Å². The van der Waals surface area contributed by atoms with Crippen LogP contribution in [0.2, 0.25) is 0 Å². The van der Waals surface area contributed by atoms with E-state index in [9.17, 15) is 0 Å². The third-order valence-electron chi connectivity index (χ3n) is 1.43. The Balaban J connectivity index is -0.0000000628. The van der Waals surface area contributed by atoms with Crippen molar-refractivity contribution in [1.29, 1.82) is 31.6 Å². The van der Waals surface area contributed by atoms with Crippen molar-refractivity contribution >= 4 is 0 Å². The number of hydrogen-bond donors (Lipinski definition) is 2. The Morgan fingerprint density at radius 2 is 1.03 bits per heavy atom. The third-order valence-corrected chi connectivity index (χ3v) is 1.43. The molecule has 0 saturated heterocycles. The van der Waals surface area contributed by atoms with Gasteiger partial charge in [0.05, 0.1) is 75.5 Å². The van der Waals surface area contributed by atoms with E-state index in [0.717, 1.165) is 0 Å². The Hall–Kier alpha value is -4.47. The Labute approximate surface area is 185 Å². The number of aliphatic hydroxyl groups excluding tert-OH is 2. The molecule has 0 aliphatic carbocycles. The van der Waals surface area contributed by atoms with Gasteiger partial charge in [0.2, 0.25) is 6.54 Å². The fourth-order valence-electron chi connectivity index (χ4n) is 0.430. The summed E-state index contributed by atoms with van der Waals surface area (Å²) in [6.45, 7) is 17.0. The van der Waals surface area contributed by atoms with Crippen LogP contribution < -0.4 is 0 Å². The normalized spacial score (nSPS) is 5.77. The minimum atomic E-state index is -0.0174. The Bertz CT molecular complexity index is 598. The van der Waals surface area contributed by atoms with Crippen molar-refractivity contribution in [2.45, 2.75) is 19.3 Å². The molecule has 0 unspecified atom stereocenters. The van der Waals surface area contributed by atoms with Gasteiger partial charge in [0, 0.05) is 18.2 Å². The number of ether oxygens (including phenoxy) is 1. The molecular formula is C21H27N7O3. The number of aliphatic hydroxyl groups is 2. The van der Waals surface area contributed by atoms with Crippen LogP contribution in [-0.4, -0.2) is 43.2 Å². The number of allylic oxidation sites excluding steroid dienone is 3. The summed E-state index contributed by atoms with van der Waals surface area (Å²) in [5.74, 6) is 0. The predicted molar refractivity (Wildman–Crippen MR) is 115 cm³/mol. The quantitative estimate of drug-likeness (QED) is 0.365. The fourth-order valence-corrected chi connectivity index (χ4v) is 0.430. The molecule has 0 aromatic heterocycles. The molecule has 0 aliphatic heterocycles. The van der Waals surface area contributed by atoms with Crippen LogP contribution >= 0.6 is 0 Å². The van der Waals surface area contributed by atoms with Crippen LogP contribution in [-0.2, 0) is 4.74 Å².